The molecular formula is C12H13Cl2N7. The number of benzene rings is 1. The summed E-state index contributed by atoms with van der Waals surface area (Å²) < 4.78 is 0. The summed E-state index contributed by atoms with van der Waals surface area (Å²) in [6.45, 7) is 1.63. The molecule has 0 atom stereocenters. The third kappa shape index (κ3) is 3.03. The summed E-state index contributed by atoms with van der Waals surface area (Å²) in [5.74, 6) is 1.30. The van der Waals surface area contributed by atoms with E-state index in [-0.39, 0.29) is 5.95 Å². The average Bonchev–Trinajstić information content (AvgIpc) is 2.84. The van der Waals surface area contributed by atoms with Crippen LogP contribution in [-0.2, 0) is 0 Å². The number of H-pyrrole nitrogens is 1. The topological polar surface area (TPSA) is 104 Å². The van der Waals surface area contributed by atoms with Gasteiger partial charge in [0.05, 0.1) is 15.6 Å². The molecule has 9 heteroatoms. The second-order valence-corrected chi connectivity index (χ2v) is 5.31. The van der Waals surface area contributed by atoms with Crippen molar-refractivity contribution in [2.24, 2.45) is 4.99 Å². The molecule has 0 amide bonds. The fourth-order valence-electron chi connectivity index (χ4n) is 2.03. The minimum Gasteiger partial charge on any atom is -0.370 e. The maximum absolute atomic E-state index is 6.32. The molecule has 0 unspecified atom stereocenters. The molecule has 0 spiro atoms. The van der Waals surface area contributed by atoms with Crippen molar-refractivity contribution in [2.75, 3.05) is 24.1 Å². The van der Waals surface area contributed by atoms with Crippen LogP contribution in [-0.4, -0.2) is 34.1 Å². The number of aromatic amines is 1. The molecule has 21 heavy (non-hydrogen) atoms. The number of nitrogens with one attached hydrogen (secondary N) is 3. The van der Waals surface area contributed by atoms with E-state index in [0.717, 1.165) is 25.3 Å². The number of nitrogen functional groups attached to an aromatic ring is 1. The summed E-state index contributed by atoms with van der Waals surface area (Å²) in [5, 5.41) is 13.6. The van der Waals surface area contributed by atoms with Crippen LogP contribution in [0, 0.1) is 0 Å². The van der Waals surface area contributed by atoms with Gasteiger partial charge in [-0.2, -0.15) is 4.98 Å². The fraction of sp³-hybridized carbons (Fsp3) is 0.250. The predicted octanol–water partition coefficient (Wildman–Crippen LogP) is 2.18. The number of rotatable bonds is 3. The highest BCUT2D eigenvalue weighted by atomic mass is 35.5. The molecule has 1 aliphatic rings. The minimum atomic E-state index is 0.229. The molecule has 5 N–H and O–H groups in total. The third-order valence-electron chi connectivity index (χ3n) is 2.94. The highest BCUT2D eigenvalue weighted by Gasteiger charge is 2.16. The molecule has 1 aromatic heterocycles. The molecule has 1 aliphatic heterocycles. The van der Waals surface area contributed by atoms with E-state index < -0.39 is 0 Å². The first-order valence-corrected chi connectivity index (χ1v) is 7.12. The van der Waals surface area contributed by atoms with E-state index in [1.165, 1.54) is 0 Å². The second kappa shape index (κ2) is 5.79. The van der Waals surface area contributed by atoms with Crippen molar-refractivity contribution in [1.29, 1.82) is 0 Å². The number of nitrogens with zero attached hydrogens (tertiary/aromatic N) is 3. The molecule has 0 aliphatic carbocycles. The van der Waals surface area contributed by atoms with Gasteiger partial charge in [0.15, 0.2) is 0 Å². The van der Waals surface area contributed by atoms with Crippen molar-refractivity contribution < 1.29 is 0 Å². The average molecular weight is 326 g/mol. The molecule has 0 saturated heterocycles. The highest BCUT2D eigenvalue weighted by molar-refractivity contribution is 6.40. The van der Waals surface area contributed by atoms with Gasteiger partial charge in [-0.3, -0.25) is 4.99 Å². The monoisotopic (exact) mass is 325 g/mol. The molecular weight excluding hydrogens is 313 g/mol. The lowest BCUT2D eigenvalue weighted by Gasteiger charge is -2.17. The van der Waals surface area contributed by atoms with Gasteiger partial charge >= 0.3 is 0 Å². The van der Waals surface area contributed by atoms with Crippen LogP contribution in [0.1, 0.15) is 12.0 Å². The molecule has 2 aromatic rings. The van der Waals surface area contributed by atoms with Gasteiger partial charge in [0, 0.05) is 18.8 Å². The van der Waals surface area contributed by atoms with Crippen LogP contribution in [0.3, 0.4) is 0 Å². The van der Waals surface area contributed by atoms with Crippen molar-refractivity contribution in [3.63, 3.8) is 0 Å². The number of halogens is 2. The maximum atomic E-state index is 6.32. The van der Waals surface area contributed by atoms with Crippen LogP contribution in [0.25, 0.3) is 0 Å². The van der Waals surface area contributed by atoms with Gasteiger partial charge < -0.3 is 16.4 Å². The van der Waals surface area contributed by atoms with E-state index in [9.17, 15) is 0 Å². The molecule has 0 radical (unpaired) electrons. The van der Waals surface area contributed by atoms with Crippen LogP contribution in [0.5, 0.6) is 0 Å². The molecule has 0 saturated carbocycles. The Morgan fingerprint density at radius 2 is 2.00 bits per heavy atom. The summed E-state index contributed by atoms with van der Waals surface area (Å²) in [7, 11) is 0. The SMILES string of the molecule is Nc1nc(Nc2cc(Cl)c(C3=NCCCN3)c(Cl)c2)n[nH]1. The molecule has 0 bridgehead atoms. The number of hydrogen-bond donors (Lipinski definition) is 4. The van der Waals surface area contributed by atoms with Crippen LogP contribution in [0.2, 0.25) is 10.0 Å². The molecule has 0 fully saturated rings. The number of hydrogen-bond acceptors (Lipinski definition) is 6. The molecule has 2 heterocycles. The van der Waals surface area contributed by atoms with E-state index in [0.29, 0.717) is 27.2 Å². The fourth-order valence-corrected chi connectivity index (χ4v) is 2.70. The van der Waals surface area contributed by atoms with Crippen molar-refractivity contribution >= 4 is 46.6 Å². The molecule has 3 rings (SSSR count). The summed E-state index contributed by atoms with van der Waals surface area (Å²) >= 11 is 12.6. The van der Waals surface area contributed by atoms with Gasteiger partial charge in [-0.1, -0.05) is 23.2 Å². The third-order valence-corrected chi connectivity index (χ3v) is 3.53. The lowest BCUT2D eigenvalue weighted by Crippen LogP contribution is -2.30. The number of amidine groups is 1. The number of aromatic nitrogens is 3. The summed E-state index contributed by atoms with van der Waals surface area (Å²) in [6.07, 6.45) is 1.00. The van der Waals surface area contributed by atoms with Gasteiger partial charge in [-0.25, -0.2) is 5.10 Å². The van der Waals surface area contributed by atoms with Crippen LogP contribution in [0.4, 0.5) is 17.6 Å². The zero-order valence-electron chi connectivity index (χ0n) is 11.0. The maximum Gasteiger partial charge on any atom is 0.248 e. The molecule has 110 valence electrons. The van der Waals surface area contributed by atoms with Gasteiger partial charge in [0.2, 0.25) is 11.9 Å². The van der Waals surface area contributed by atoms with Crippen LogP contribution in [0.15, 0.2) is 17.1 Å². The van der Waals surface area contributed by atoms with Gasteiger partial charge in [0.25, 0.3) is 0 Å². The normalized spacial score (nSPS) is 14.5. The Morgan fingerprint density at radius 3 is 2.57 bits per heavy atom. The Balaban J connectivity index is 1.90. The van der Waals surface area contributed by atoms with Crippen LogP contribution >= 0.6 is 23.2 Å². The summed E-state index contributed by atoms with van der Waals surface area (Å²) in [4.78, 5) is 8.36. The van der Waals surface area contributed by atoms with Crippen molar-refractivity contribution in [3.8, 4) is 0 Å². The first-order valence-electron chi connectivity index (χ1n) is 6.36. The van der Waals surface area contributed by atoms with E-state index in [1.54, 1.807) is 12.1 Å². The smallest absolute Gasteiger partial charge is 0.248 e. The Kier molecular flexibility index (Phi) is 3.85. The Labute approximate surface area is 131 Å². The Hall–Kier alpha value is -1.99. The van der Waals surface area contributed by atoms with Crippen molar-refractivity contribution in [1.82, 2.24) is 20.5 Å². The number of nitrogens with two attached hydrogens (primary N) is 1. The Bertz CT molecular complexity index is 672. The van der Waals surface area contributed by atoms with E-state index in [1.807, 2.05) is 0 Å². The van der Waals surface area contributed by atoms with Gasteiger partial charge in [-0.15, -0.1) is 5.10 Å². The standard InChI is InChI=1S/C12H13Cl2N7/c13-7-4-6(18-12-19-11(15)20-21-12)5-8(14)9(7)10-16-2-1-3-17-10/h4-5H,1-3H2,(H,16,17)(H4,15,18,19,20,21). The molecule has 1 aromatic carbocycles. The quantitative estimate of drug-likeness (QED) is 0.692. The van der Waals surface area contributed by atoms with Gasteiger partial charge in [-0.05, 0) is 18.6 Å². The summed E-state index contributed by atoms with van der Waals surface area (Å²) in [5.41, 5.74) is 6.85. The second-order valence-electron chi connectivity index (χ2n) is 4.49. The lowest BCUT2D eigenvalue weighted by molar-refractivity contribution is 0.742. The van der Waals surface area contributed by atoms with E-state index >= 15 is 0 Å². The number of anilines is 3. The summed E-state index contributed by atoms with van der Waals surface area (Å²) in [6, 6.07) is 3.49. The van der Waals surface area contributed by atoms with Crippen LogP contribution < -0.4 is 16.4 Å². The van der Waals surface area contributed by atoms with Crippen molar-refractivity contribution in [3.05, 3.63) is 27.7 Å². The minimum absolute atomic E-state index is 0.229. The zero-order valence-corrected chi connectivity index (χ0v) is 12.5. The van der Waals surface area contributed by atoms with E-state index in [4.69, 9.17) is 28.9 Å². The van der Waals surface area contributed by atoms with Crippen molar-refractivity contribution in [2.45, 2.75) is 6.42 Å². The predicted molar refractivity (Wildman–Crippen MR) is 84.6 cm³/mol. The molecule has 7 nitrogen and oxygen atoms in total. The van der Waals surface area contributed by atoms with E-state index in [2.05, 4.69) is 30.8 Å². The largest absolute Gasteiger partial charge is 0.370 e. The highest BCUT2D eigenvalue weighted by Crippen LogP contribution is 2.30. The zero-order chi connectivity index (χ0) is 14.8. The number of aliphatic imine (C=N–C) groups is 1. The lowest BCUT2D eigenvalue weighted by atomic mass is 10.1. The Morgan fingerprint density at radius 1 is 1.24 bits per heavy atom. The first-order chi connectivity index (χ1) is 10.1. The van der Waals surface area contributed by atoms with Gasteiger partial charge in [0.1, 0.15) is 5.84 Å². The first kappa shape index (κ1) is 14.0.